The van der Waals surface area contributed by atoms with Gasteiger partial charge in [0.05, 0.1) is 18.5 Å². The Morgan fingerprint density at radius 2 is 2.00 bits per heavy atom. The summed E-state index contributed by atoms with van der Waals surface area (Å²) >= 11 is 0. The highest BCUT2D eigenvalue weighted by Gasteiger charge is 2.22. The second-order valence-corrected chi connectivity index (χ2v) is 7.96. The minimum absolute atomic E-state index is 0.279. The van der Waals surface area contributed by atoms with Crippen LogP contribution >= 0.6 is 0 Å². The highest BCUT2D eigenvalue weighted by atomic mass is 32.2. The summed E-state index contributed by atoms with van der Waals surface area (Å²) in [6.07, 6.45) is 5.53. The van der Waals surface area contributed by atoms with Gasteiger partial charge in [-0.15, -0.1) is 0 Å². The lowest BCUT2D eigenvalue weighted by molar-refractivity contribution is 0.322. The number of hydrogen-bond donors (Lipinski definition) is 2. The number of hydrazone groups is 1. The summed E-state index contributed by atoms with van der Waals surface area (Å²) in [5, 5.41) is 3.49. The molecule has 0 saturated heterocycles. The van der Waals surface area contributed by atoms with Crippen molar-refractivity contribution in [1.29, 1.82) is 0 Å². The fourth-order valence-corrected chi connectivity index (χ4v) is 3.75. The van der Waals surface area contributed by atoms with Gasteiger partial charge in [-0.05, 0) is 23.3 Å². The van der Waals surface area contributed by atoms with Gasteiger partial charge in [-0.2, -0.15) is 13.5 Å². The SMILES string of the molecule is CN1C=CN(S(=O)(=O)Nc2cccc(OCCc3ccc(C=NN)cc3)c2)C1. The van der Waals surface area contributed by atoms with Gasteiger partial charge in [0.25, 0.3) is 0 Å². The summed E-state index contributed by atoms with van der Waals surface area (Å²) in [4.78, 5) is 1.77. The van der Waals surface area contributed by atoms with Crippen molar-refractivity contribution in [3.63, 3.8) is 0 Å². The van der Waals surface area contributed by atoms with Crippen molar-refractivity contribution >= 4 is 22.1 Å². The number of nitrogens with zero attached hydrogens (tertiary/aromatic N) is 3. The summed E-state index contributed by atoms with van der Waals surface area (Å²) in [6.45, 7) is 0.752. The van der Waals surface area contributed by atoms with E-state index in [2.05, 4.69) is 9.82 Å². The Kier molecular flexibility index (Phi) is 6.05. The molecular formula is C19H23N5O3S. The van der Waals surface area contributed by atoms with Gasteiger partial charge in [-0.3, -0.25) is 4.72 Å². The second kappa shape index (κ2) is 8.66. The lowest BCUT2D eigenvalue weighted by Gasteiger charge is -2.19. The van der Waals surface area contributed by atoms with Crippen molar-refractivity contribution in [2.24, 2.45) is 10.9 Å². The lowest BCUT2D eigenvalue weighted by Crippen LogP contribution is -2.33. The fraction of sp³-hybridized carbons (Fsp3) is 0.211. The molecule has 0 amide bonds. The molecule has 8 nitrogen and oxygen atoms in total. The van der Waals surface area contributed by atoms with Gasteiger partial charge in [0.15, 0.2) is 0 Å². The van der Waals surface area contributed by atoms with Crippen LogP contribution in [0.2, 0.25) is 0 Å². The summed E-state index contributed by atoms with van der Waals surface area (Å²) in [6, 6.07) is 14.8. The van der Waals surface area contributed by atoms with E-state index in [1.165, 1.54) is 10.5 Å². The van der Waals surface area contributed by atoms with Gasteiger partial charge in [-0.1, -0.05) is 30.3 Å². The van der Waals surface area contributed by atoms with Crippen LogP contribution in [0, 0.1) is 0 Å². The molecule has 1 aliphatic heterocycles. The molecule has 0 fully saturated rings. The van der Waals surface area contributed by atoms with E-state index < -0.39 is 10.2 Å². The summed E-state index contributed by atoms with van der Waals surface area (Å²) in [5.41, 5.74) is 2.51. The highest BCUT2D eigenvalue weighted by Crippen LogP contribution is 2.20. The Bertz CT molecular complexity index is 958. The largest absolute Gasteiger partial charge is 0.493 e. The number of hydrogen-bond acceptors (Lipinski definition) is 6. The molecule has 1 aliphatic rings. The molecule has 0 aromatic heterocycles. The topological polar surface area (TPSA) is 100 Å². The number of ether oxygens (including phenoxy) is 1. The zero-order chi connectivity index (χ0) is 20.0. The molecule has 0 radical (unpaired) electrons. The maximum absolute atomic E-state index is 12.4. The second-order valence-electron chi connectivity index (χ2n) is 6.34. The highest BCUT2D eigenvalue weighted by molar-refractivity contribution is 7.90. The number of anilines is 1. The van der Waals surface area contributed by atoms with Crippen LogP contribution in [0.5, 0.6) is 5.75 Å². The Hall–Kier alpha value is -3.20. The molecule has 3 rings (SSSR count). The van der Waals surface area contributed by atoms with E-state index in [1.54, 1.807) is 48.6 Å². The van der Waals surface area contributed by atoms with E-state index in [1.807, 2.05) is 24.3 Å². The van der Waals surface area contributed by atoms with Crippen molar-refractivity contribution in [2.45, 2.75) is 6.42 Å². The predicted molar refractivity (Wildman–Crippen MR) is 110 cm³/mol. The van der Waals surface area contributed by atoms with Crippen LogP contribution in [-0.2, 0) is 16.6 Å². The zero-order valence-corrected chi connectivity index (χ0v) is 16.3. The molecule has 0 saturated carbocycles. The van der Waals surface area contributed by atoms with Gasteiger partial charge in [0.2, 0.25) is 0 Å². The molecule has 9 heteroatoms. The van der Waals surface area contributed by atoms with Crippen molar-refractivity contribution < 1.29 is 13.2 Å². The number of nitrogens with one attached hydrogen (secondary N) is 1. The van der Waals surface area contributed by atoms with Crippen molar-refractivity contribution in [3.8, 4) is 5.75 Å². The Morgan fingerprint density at radius 3 is 2.68 bits per heavy atom. The molecule has 2 aromatic carbocycles. The first-order chi connectivity index (χ1) is 13.5. The van der Waals surface area contributed by atoms with Crippen molar-refractivity contribution in [1.82, 2.24) is 9.21 Å². The third kappa shape index (κ3) is 5.17. The lowest BCUT2D eigenvalue weighted by atomic mass is 10.1. The average Bonchev–Trinajstić information content (AvgIpc) is 3.11. The molecular weight excluding hydrogens is 378 g/mol. The van der Waals surface area contributed by atoms with Crippen LogP contribution in [0.4, 0.5) is 5.69 Å². The molecule has 2 aromatic rings. The normalized spacial score (nSPS) is 14.0. The summed E-state index contributed by atoms with van der Waals surface area (Å²) < 4.78 is 34.4. The predicted octanol–water partition coefficient (Wildman–Crippen LogP) is 1.93. The van der Waals surface area contributed by atoms with Crippen LogP contribution in [0.1, 0.15) is 11.1 Å². The maximum Gasteiger partial charge on any atom is 0.325 e. The third-order valence-corrected chi connectivity index (χ3v) is 5.45. The standard InChI is InChI=1S/C19H23N5O3S/c1-23-10-11-24(15-23)28(25,26)22-18-3-2-4-19(13-18)27-12-9-16-5-7-17(8-6-16)14-21-20/h2-8,10-11,13-14,22H,9,12,15,20H2,1H3. The van der Waals surface area contributed by atoms with E-state index in [9.17, 15) is 8.42 Å². The number of benzene rings is 2. The van der Waals surface area contributed by atoms with Crippen LogP contribution in [0.15, 0.2) is 66.0 Å². The zero-order valence-electron chi connectivity index (χ0n) is 15.5. The first-order valence-electron chi connectivity index (χ1n) is 8.69. The van der Waals surface area contributed by atoms with E-state index in [-0.39, 0.29) is 6.67 Å². The van der Waals surface area contributed by atoms with Gasteiger partial charge in [-0.25, -0.2) is 4.31 Å². The molecule has 0 atom stereocenters. The minimum Gasteiger partial charge on any atom is -0.493 e. The number of nitrogens with two attached hydrogens (primary N) is 1. The van der Waals surface area contributed by atoms with Crippen molar-refractivity contribution in [2.75, 3.05) is 25.0 Å². The molecule has 0 bridgehead atoms. The van der Waals surface area contributed by atoms with E-state index in [4.69, 9.17) is 10.6 Å². The molecule has 0 aliphatic carbocycles. The number of rotatable bonds is 8. The molecule has 0 spiro atoms. The first-order valence-corrected chi connectivity index (χ1v) is 10.1. The minimum atomic E-state index is -3.66. The van der Waals surface area contributed by atoms with E-state index in [0.717, 1.165) is 17.5 Å². The van der Waals surface area contributed by atoms with Gasteiger partial charge >= 0.3 is 10.2 Å². The summed E-state index contributed by atoms with van der Waals surface area (Å²) in [7, 11) is -1.85. The monoisotopic (exact) mass is 401 g/mol. The average molecular weight is 401 g/mol. The van der Waals surface area contributed by atoms with Crippen LogP contribution in [0.25, 0.3) is 0 Å². The van der Waals surface area contributed by atoms with Crippen LogP contribution in [-0.4, -0.2) is 44.2 Å². The Labute approximate surface area is 165 Å². The quantitative estimate of drug-likeness (QED) is 0.400. The van der Waals surface area contributed by atoms with Gasteiger partial charge in [0.1, 0.15) is 12.4 Å². The molecule has 1 heterocycles. The molecule has 148 valence electrons. The third-order valence-electron chi connectivity index (χ3n) is 4.10. The Morgan fingerprint density at radius 1 is 1.21 bits per heavy atom. The summed E-state index contributed by atoms with van der Waals surface area (Å²) in [5.74, 6) is 5.73. The maximum atomic E-state index is 12.4. The molecule has 28 heavy (non-hydrogen) atoms. The van der Waals surface area contributed by atoms with E-state index >= 15 is 0 Å². The molecule has 0 unspecified atom stereocenters. The van der Waals surface area contributed by atoms with Crippen LogP contribution < -0.4 is 15.3 Å². The van der Waals surface area contributed by atoms with Crippen LogP contribution in [0.3, 0.4) is 0 Å². The van der Waals surface area contributed by atoms with Gasteiger partial charge < -0.3 is 15.5 Å². The van der Waals surface area contributed by atoms with Crippen molar-refractivity contribution in [3.05, 3.63) is 72.1 Å². The first kappa shape index (κ1) is 19.6. The smallest absolute Gasteiger partial charge is 0.325 e. The van der Waals surface area contributed by atoms with E-state index in [0.29, 0.717) is 18.0 Å². The molecule has 3 N–H and O–H groups in total. The Balaban J connectivity index is 1.55. The fourth-order valence-electron chi connectivity index (χ4n) is 2.66. The van der Waals surface area contributed by atoms with Gasteiger partial charge in [0, 0.05) is 31.9 Å².